The second-order valence-corrected chi connectivity index (χ2v) is 16.4. The second-order valence-electron chi connectivity index (χ2n) is 16.4. The van der Waals surface area contributed by atoms with Crippen molar-refractivity contribution >= 4 is 38.0 Å². The highest BCUT2D eigenvalue weighted by Gasteiger charge is 2.18. The van der Waals surface area contributed by atoms with E-state index in [0.717, 1.165) is 84.3 Å². The Hall–Kier alpha value is -8.53. The Balaban J connectivity index is 0.959. The van der Waals surface area contributed by atoms with E-state index in [4.69, 9.17) is 15.0 Å². The summed E-state index contributed by atoms with van der Waals surface area (Å²) in [6, 6.07) is 68.7. The van der Waals surface area contributed by atoms with E-state index in [2.05, 4.69) is 225 Å². The predicted octanol–water partition coefficient (Wildman–Crippen LogP) is 16.3. The van der Waals surface area contributed by atoms with Crippen LogP contribution >= 0.6 is 0 Å². The van der Waals surface area contributed by atoms with Gasteiger partial charge >= 0.3 is 0 Å². The molecule has 8 aromatic carbocycles. The van der Waals surface area contributed by atoms with E-state index in [1.54, 1.807) is 0 Å². The average Bonchev–Trinajstić information content (AvgIpc) is 3.38. The van der Waals surface area contributed by atoms with Crippen molar-refractivity contribution in [3.8, 4) is 67.3 Å². The molecular weight excluding hydrogens is 787 g/mol. The van der Waals surface area contributed by atoms with Crippen LogP contribution in [0.15, 0.2) is 249 Å². The van der Waals surface area contributed by atoms with Crippen LogP contribution in [0.25, 0.3) is 105 Å². The molecule has 1 aliphatic carbocycles. The molecule has 1 aliphatic rings. The molecule has 10 aromatic rings. The van der Waals surface area contributed by atoms with Gasteiger partial charge in [0.2, 0.25) is 0 Å². The van der Waals surface area contributed by atoms with Crippen LogP contribution < -0.4 is 0 Å². The standard InChI is InChI=1S/C62H43N3/c1-42-17-7-3-2-4-8-22-51(39-42)61-56-40-55(52-23-13-14-24-53(52)60(56)54-25-15-16-26-57(54)63-61)47-33-27-45(28-34-47)46-31-37-50(38-32-46)62-64-58(48-20-11-6-12-21-48)41-59(65-62)49-35-29-44(30-36-49)43-18-9-5-10-19-43/h2-3,5-41H,1,4H2/b3-2-,17-7-,22-8-,51-39?. The lowest BCUT2D eigenvalue weighted by atomic mass is 9.89. The number of rotatable bonds is 7. The number of fused-ring (bicyclic) bond motifs is 5. The lowest BCUT2D eigenvalue weighted by molar-refractivity contribution is 1.18. The normalized spacial score (nSPS) is 14.3. The second kappa shape index (κ2) is 17.3. The molecular formula is C62H43N3. The molecule has 0 atom stereocenters. The number of allylic oxidation sites excluding steroid dienone is 9. The Morgan fingerprint density at radius 3 is 1.58 bits per heavy atom. The zero-order valence-electron chi connectivity index (χ0n) is 35.8. The zero-order chi connectivity index (χ0) is 43.5. The van der Waals surface area contributed by atoms with Gasteiger partial charge in [0, 0.05) is 38.4 Å². The highest BCUT2D eigenvalue weighted by atomic mass is 14.9. The summed E-state index contributed by atoms with van der Waals surface area (Å²) in [5.74, 6) is 0.689. The summed E-state index contributed by atoms with van der Waals surface area (Å²) in [5, 5.41) is 5.88. The molecule has 2 heterocycles. The van der Waals surface area contributed by atoms with E-state index in [0.29, 0.717) is 5.82 Å². The maximum absolute atomic E-state index is 5.35. The zero-order valence-corrected chi connectivity index (χ0v) is 35.8. The minimum absolute atomic E-state index is 0.689. The molecule has 0 amide bonds. The predicted molar refractivity (Wildman–Crippen MR) is 274 cm³/mol. The minimum Gasteiger partial charge on any atom is -0.247 e. The van der Waals surface area contributed by atoms with Crippen molar-refractivity contribution in [1.29, 1.82) is 0 Å². The highest BCUT2D eigenvalue weighted by molar-refractivity contribution is 6.24. The molecule has 0 fully saturated rings. The number of aromatic nitrogens is 3. The Bertz CT molecular complexity index is 3520. The van der Waals surface area contributed by atoms with Crippen molar-refractivity contribution in [2.24, 2.45) is 0 Å². The molecule has 0 N–H and O–H groups in total. The lowest BCUT2D eigenvalue weighted by Gasteiger charge is -2.17. The third-order valence-electron chi connectivity index (χ3n) is 12.2. The SMILES string of the molecule is C=C1C=C(c2nc3ccccc3c3c2cc(-c2ccc(-c4ccc(-c5nc(-c6ccccc6)cc(-c6ccc(-c7ccccc7)cc6)n5)cc4)cc2)c2ccccc23)/C=C\C/C=C\C=C/1. The molecule has 0 unspecified atom stereocenters. The number of para-hydroxylation sites is 1. The summed E-state index contributed by atoms with van der Waals surface area (Å²) in [7, 11) is 0. The number of hydrogen-bond donors (Lipinski definition) is 0. The van der Waals surface area contributed by atoms with Gasteiger partial charge in [-0.3, -0.25) is 0 Å². The summed E-state index contributed by atoms with van der Waals surface area (Å²) < 4.78 is 0. The van der Waals surface area contributed by atoms with E-state index in [-0.39, 0.29) is 0 Å². The summed E-state index contributed by atoms with van der Waals surface area (Å²) in [6.45, 7) is 4.35. The van der Waals surface area contributed by atoms with Gasteiger partial charge in [-0.25, -0.2) is 15.0 Å². The van der Waals surface area contributed by atoms with E-state index in [9.17, 15) is 0 Å². The number of benzene rings is 8. The van der Waals surface area contributed by atoms with Gasteiger partial charge in [-0.15, -0.1) is 0 Å². The molecule has 0 spiro atoms. The van der Waals surface area contributed by atoms with Crippen LogP contribution in [0.1, 0.15) is 12.1 Å². The topological polar surface area (TPSA) is 38.7 Å². The van der Waals surface area contributed by atoms with E-state index >= 15 is 0 Å². The first-order valence-corrected chi connectivity index (χ1v) is 22.1. The Kier molecular flexibility index (Phi) is 10.5. The molecule has 0 saturated carbocycles. The van der Waals surface area contributed by atoms with Crippen molar-refractivity contribution in [3.63, 3.8) is 0 Å². The molecule has 3 nitrogen and oxygen atoms in total. The molecule has 2 aromatic heterocycles. The van der Waals surface area contributed by atoms with Gasteiger partial charge < -0.3 is 0 Å². The Labute approximate surface area is 379 Å². The molecule has 0 bridgehead atoms. The molecule has 306 valence electrons. The van der Waals surface area contributed by atoms with Crippen molar-refractivity contribution in [2.75, 3.05) is 0 Å². The molecule has 0 saturated heterocycles. The molecule has 3 heteroatoms. The van der Waals surface area contributed by atoms with Crippen molar-refractivity contribution in [2.45, 2.75) is 6.42 Å². The fourth-order valence-corrected chi connectivity index (χ4v) is 8.93. The van der Waals surface area contributed by atoms with Crippen LogP contribution in [0.3, 0.4) is 0 Å². The summed E-state index contributed by atoms with van der Waals surface area (Å²) in [6.07, 6.45) is 15.7. The maximum atomic E-state index is 5.35. The largest absolute Gasteiger partial charge is 0.247 e. The van der Waals surface area contributed by atoms with Crippen LogP contribution in [0.5, 0.6) is 0 Å². The summed E-state index contributed by atoms with van der Waals surface area (Å²) in [4.78, 5) is 15.6. The van der Waals surface area contributed by atoms with Gasteiger partial charge in [-0.2, -0.15) is 0 Å². The van der Waals surface area contributed by atoms with Gasteiger partial charge in [0.25, 0.3) is 0 Å². The summed E-state index contributed by atoms with van der Waals surface area (Å²) >= 11 is 0. The van der Waals surface area contributed by atoms with Gasteiger partial charge in [0.05, 0.1) is 22.6 Å². The van der Waals surface area contributed by atoms with Gasteiger partial charge in [0.15, 0.2) is 5.82 Å². The first-order chi connectivity index (χ1) is 32.1. The first-order valence-electron chi connectivity index (χ1n) is 22.1. The van der Waals surface area contributed by atoms with Crippen molar-refractivity contribution in [3.05, 3.63) is 255 Å². The third-order valence-corrected chi connectivity index (χ3v) is 12.2. The fraction of sp³-hybridized carbons (Fsp3) is 0.0161. The van der Waals surface area contributed by atoms with Crippen LogP contribution in [0.4, 0.5) is 0 Å². The lowest BCUT2D eigenvalue weighted by Crippen LogP contribution is -1.96. The minimum atomic E-state index is 0.689. The van der Waals surface area contributed by atoms with Crippen LogP contribution in [-0.2, 0) is 0 Å². The van der Waals surface area contributed by atoms with E-state index in [1.807, 2.05) is 18.2 Å². The average molecular weight is 830 g/mol. The molecule has 11 rings (SSSR count). The first kappa shape index (κ1) is 39.3. The highest BCUT2D eigenvalue weighted by Crippen LogP contribution is 2.41. The summed E-state index contributed by atoms with van der Waals surface area (Å²) in [5.41, 5.74) is 15.6. The van der Waals surface area contributed by atoms with Gasteiger partial charge in [-0.05, 0) is 80.4 Å². The third kappa shape index (κ3) is 7.92. The molecule has 0 radical (unpaired) electrons. The van der Waals surface area contributed by atoms with E-state index in [1.165, 1.54) is 32.8 Å². The van der Waals surface area contributed by atoms with Gasteiger partial charge in [0.1, 0.15) is 0 Å². The number of nitrogens with zero attached hydrogens (tertiary/aromatic N) is 3. The van der Waals surface area contributed by atoms with Gasteiger partial charge in [-0.1, -0.05) is 219 Å². The molecule has 0 aliphatic heterocycles. The van der Waals surface area contributed by atoms with E-state index < -0.39 is 0 Å². The number of hydrogen-bond acceptors (Lipinski definition) is 3. The quantitative estimate of drug-likeness (QED) is 0.150. The Morgan fingerprint density at radius 1 is 0.385 bits per heavy atom. The maximum Gasteiger partial charge on any atom is 0.160 e. The van der Waals surface area contributed by atoms with Crippen LogP contribution in [0, 0.1) is 0 Å². The number of pyridine rings is 1. The Morgan fingerprint density at radius 2 is 0.908 bits per heavy atom. The fourth-order valence-electron chi connectivity index (χ4n) is 8.93. The van der Waals surface area contributed by atoms with Crippen molar-refractivity contribution in [1.82, 2.24) is 15.0 Å². The van der Waals surface area contributed by atoms with Crippen molar-refractivity contribution < 1.29 is 0 Å². The smallest absolute Gasteiger partial charge is 0.160 e. The molecule has 65 heavy (non-hydrogen) atoms. The van der Waals surface area contributed by atoms with Crippen LogP contribution in [-0.4, -0.2) is 15.0 Å². The monoisotopic (exact) mass is 829 g/mol. The van der Waals surface area contributed by atoms with Crippen LogP contribution in [0.2, 0.25) is 0 Å².